The van der Waals surface area contributed by atoms with Crippen LogP contribution in [0.1, 0.15) is 11.1 Å². The summed E-state index contributed by atoms with van der Waals surface area (Å²) < 4.78 is 0. The second-order valence-electron chi connectivity index (χ2n) is 4.28. The molecule has 0 atom stereocenters. The molecule has 1 aliphatic rings. The van der Waals surface area contributed by atoms with Gasteiger partial charge in [-0.3, -0.25) is 0 Å². The first kappa shape index (κ1) is 11.1. The van der Waals surface area contributed by atoms with Crippen LogP contribution in [0.2, 0.25) is 5.02 Å². The van der Waals surface area contributed by atoms with E-state index in [1.807, 2.05) is 24.3 Å². The molecule has 0 radical (unpaired) electrons. The summed E-state index contributed by atoms with van der Waals surface area (Å²) in [6.07, 6.45) is 1.01. The van der Waals surface area contributed by atoms with Crippen molar-refractivity contribution >= 4 is 23.0 Å². The lowest BCUT2D eigenvalue weighted by atomic mass is 10.1. The van der Waals surface area contributed by atoms with E-state index in [0.717, 1.165) is 18.7 Å². The largest absolute Gasteiger partial charge is 0.340 e. The molecule has 0 aliphatic carbocycles. The maximum atomic E-state index is 9.25. The average Bonchev–Trinajstić information content (AvgIpc) is 2.82. The van der Waals surface area contributed by atoms with E-state index in [0.29, 0.717) is 10.6 Å². The fourth-order valence-electron chi connectivity index (χ4n) is 2.44. The smallest absolute Gasteiger partial charge is 0.103 e. The van der Waals surface area contributed by atoms with Gasteiger partial charge in [-0.15, -0.1) is 0 Å². The first-order valence-corrected chi connectivity index (χ1v) is 6.23. The quantitative estimate of drug-likeness (QED) is 0.772. The van der Waals surface area contributed by atoms with Gasteiger partial charge in [0.1, 0.15) is 6.07 Å². The number of hydrogen-bond acceptors (Lipinski definition) is 2. The van der Waals surface area contributed by atoms with E-state index in [-0.39, 0.29) is 0 Å². The lowest BCUT2D eigenvalue weighted by Gasteiger charge is -2.21. The van der Waals surface area contributed by atoms with Gasteiger partial charge in [0.2, 0.25) is 0 Å². The predicted octanol–water partition coefficient (Wildman–Crippen LogP) is 3.91. The van der Waals surface area contributed by atoms with Gasteiger partial charge in [-0.05, 0) is 30.2 Å². The Morgan fingerprint density at radius 2 is 1.83 bits per heavy atom. The molecule has 0 bridgehead atoms. The van der Waals surface area contributed by atoms with Crippen LogP contribution in [-0.2, 0) is 6.42 Å². The molecular formula is C15H11ClN2. The minimum Gasteiger partial charge on any atom is -0.340 e. The van der Waals surface area contributed by atoms with Gasteiger partial charge in [0.15, 0.2) is 0 Å². The zero-order valence-corrected chi connectivity index (χ0v) is 10.5. The van der Waals surface area contributed by atoms with Gasteiger partial charge < -0.3 is 4.90 Å². The van der Waals surface area contributed by atoms with E-state index in [4.69, 9.17) is 11.6 Å². The molecule has 0 N–H and O–H groups in total. The topological polar surface area (TPSA) is 27.0 Å². The van der Waals surface area contributed by atoms with Gasteiger partial charge in [-0.25, -0.2) is 0 Å². The molecule has 1 heterocycles. The lowest BCUT2D eigenvalue weighted by molar-refractivity contribution is 0.996. The van der Waals surface area contributed by atoms with E-state index < -0.39 is 0 Å². The molecule has 0 unspecified atom stereocenters. The monoisotopic (exact) mass is 254 g/mol. The Morgan fingerprint density at radius 1 is 1.06 bits per heavy atom. The molecule has 3 heteroatoms. The molecule has 1 aliphatic heterocycles. The van der Waals surface area contributed by atoms with Crippen LogP contribution < -0.4 is 4.90 Å². The normalized spacial score (nSPS) is 13.2. The van der Waals surface area contributed by atoms with Gasteiger partial charge >= 0.3 is 0 Å². The van der Waals surface area contributed by atoms with Crippen molar-refractivity contribution in [2.75, 3.05) is 11.4 Å². The third-order valence-corrected chi connectivity index (χ3v) is 3.60. The lowest BCUT2D eigenvalue weighted by Crippen LogP contribution is -2.14. The van der Waals surface area contributed by atoms with Crippen molar-refractivity contribution in [3.63, 3.8) is 0 Å². The maximum Gasteiger partial charge on any atom is 0.103 e. The molecule has 2 aromatic carbocycles. The van der Waals surface area contributed by atoms with Gasteiger partial charge in [-0.1, -0.05) is 35.9 Å². The van der Waals surface area contributed by atoms with E-state index in [1.54, 1.807) is 6.07 Å². The number of benzene rings is 2. The van der Waals surface area contributed by atoms with Crippen LogP contribution in [0.4, 0.5) is 11.4 Å². The second-order valence-corrected chi connectivity index (χ2v) is 4.68. The Kier molecular flexibility index (Phi) is 2.70. The Morgan fingerprint density at radius 3 is 2.67 bits per heavy atom. The van der Waals surface area contributed by atoms with Crippen LogP contribution in [0.15, 0.2) is 42.5 Å². The summed E-state index contributed by atoms with van der Waals surface area (Å²) in [7, 11) is 0. The SMILES string of the molecule is N#Cc1c(Cl)cccc1N1CCc2ccccc21. The van der Waals surface area contributed by atoms with E-state index in [2.05, 4.69) is 23.1 Å². The number of anilines is 2. The van der Waals surface area contributed by atoms with Crippen molar-refractivity contribution in [3.8, 4) is 6.07 Å². The molecule has 0 spiro atoms. The fraction of sp³-hybridized carbons (Fsp3) is 0.133. The number of para-hydroxylation sites is 1. The highest BCUT2D eigenvalue weighted by Crippen LogP contribution is 2.37. The Bertz CT molecular complexity index is 643. The van der Waals surface area contributed by atoms with Gasteiger partial charge in [0.25, 0.3) is 0 Å². The van der Waals surface area contributed by atoms with Crippen molar-refractivity contribution in [1.82, 2.24) is 0 Å². The molecule has 88 valence electrons. The van der Waals surface area contributed by atoms with E-state index >= 15 is 0 Å². The summed E-state index contributed by atoms with van der Waals surface area (Å²) in [6, 6.07) is 16.1. The van der Waals surface area contributed by atoms with E-state index in [9.17, 15) is 5.26 Å². The zero-order chi connectivity index (χ0) is 12.5. The van der Waals surface area contributed by atoms with Crippen LogP contribution >= 0.6 is 11.6 Å². The van der Waals surface area contributed by atoms with Crippen molar-refractivity contribution in [2.45, 2.75) is 6.42 Å². The first-order chi connectivity index (χ1) is 8.81. The standard InChI is InChI=1S/C15H11ClN2/c16-13-5-3-7-15(12(13)10-17)18-9-8-11-4-1-2-6-14(11)18/h1-7H,8-9H2. The number of nitriles is 1. The summed E-state index contributed by atoms with van der Waals surface area (Å²) in [6.45, 7) is 0.897. The summed E-state index contributed by atoms with van der Waals surface area (Å²) in [5.74, 6) is 0. The van der Waals surface area contributed by atoms with Crippen LogP contribution in [0.5, 0.6) is 0 Å². The third-order valence-electron chi connectivity index (χ3n) is 3.28. The Labute approximate surface area is 111 Å². The van der Waals surface area contributed by atoms with Crippen molar-refractivity contribution in [2.24, 2.45) is 0 Å². The number of halogens is 1. The van der Waals surface area contributed by atoms with Crippen molar-refractivity contribution in [1.29, 1.82) is 5.26 Å². The third kappa shape index (κ3) is 1.64. The molecule has 0 amide bonds. The van der Waals surface area contributed by atoms with Crippen LogP contribution in [0.25, 0.3) is 0 Å². The Hall–Kier alpha value is -1.98. The van der Waals surface area contributed by atoms with Crippen molar-refractivity contribution < 1.29 is 0 Å². The summed E-state index contributed by atoms with van der Waals surface area (Å²) in [5, 5.41) is 9.76. The average molecular weight is 255 g/mol. The predicted molar refractivity (Wildman–Crippen MR) is 73.3 cm³/mol. The molecule has 2 nitrogen and oxygen atoms in total. The molecule has 3 rings (SSSR count). The van der Waals surface area contributed by atoms with Gasteiger partial charge in [0.05, 0.1) is 16.3 Å². The maximum absolute atomic E-state index is 9.25. The highest BCUT2D eigenvalue weighted by molar-refractivity contribution is 6.32. The molecular weight excluding hydrogens is 244 g/mol. The Balaban J connectivity index is 2.14. The van der Waals surface area contributed by atoms with Crippen LogP contribution in [-0.4, -0.2) is 6.54 Å². The molecule has 0 fully saturated rings. The summed E-state index contributed by atoms with van der Waals surface area (Å²) >= 11 is 6.09. The second kappa shape index (κ2) is 4.36. The molecule has 18 heavy (non-hydrogen) atoms. The molecule has 2 aromatic rings. The number of nitrogens with zero attached hydrogens (tertiary/aromatic N) is 2. The zero-order valence-electron chi connectivity index (χ0n) is 9.73. The fourth-order valence-corrected chi connectivity index (χ4v) is 2.65. The minimum atomic E-state index is 0.513. The van der Waals surface area contributed by atoms with Crippen LogP contribution in [0, 0.1) is 11.3 Å². The van der Waals surface area contributed by atoms with Gasteiger partial charge in [0, 0.05) is 12.2 Å². The van der Waals surface area contributed by atoms with Crippen LogP contribution in [0.3, 0.4) is 0 Å². The molecule has 0 saturated carbocycles. The minimum absolute atomic E-state index is 0.513. The number of rotatable bonds is 1. The van der Waals surface area contributed by atoms with Crippen molar-refractivity contribution in [3.05, 3.63) is 58.6 Å². The highest BCUT2D eigenvalue weighted by Gasteiger charge is 2.22. The number of fused-ring (bicyclic) bond motifs is 1. The highest BCUT2D eigenvalue weighted by atomic mass is 35.5. The van der Waals surface area contributed by atoms with Gasteiger partial charge in [-0.2, -0.15) is 5.26 Å². The molecule has 0 saturated heterocycles. The summed E-state index contributed by atoms with van der Waals surface area (Å²) in [5.41, 5.74) is 3.95. The first-order valence-electron chi connectivity index (χ1n) is 5.85. The van der Waals surface area contributed by atoms with E-state index in [1.165, 1.54) is 11.3 Å². The number of hydrogen-bond donors (Lipinski definition) is 0. The summed E-state index contributed by atoms with van der Waals surface area (Å²) in [4.78, 5) is 2.17. The molecule has 0 aromatic heterocycles.